The van der Waals surface area contributed by atoms with Gasteiger partial charge in [0, 0.05) is 10.2 Å². The van der Waals surface area contributed by atoms with Gasteiger partial charge in [-0.05, 0) is 29.3 Å². The normalized spacial score (nSPS) is 20.6. The molecule has 0 saturated heterocycles. The SMILES string of the molecule is O=C(O)C1(Nc2cccc(Br)c2)COCc2ccccc21. The second-order valence-corrected chi connectivity index (χ2v) is 5.91. The van der Waals surface area contributed by atoms with E-state index in [-0.39, 0.29) is 6.61 Å². The van der Waals surface area contributed by atoms with Crippen LogP contribution in [0.25, 0.3) is 0 Å². The van der Waals surface area contributed by atoms with E-state index >= 15 is 0 Å². The summed E-state index contributed by atoms with van der Waals surface area (Å²) in [6.45, 7) is 0.525. The number of nitrogens with one attached hydrogen (secondary N) is 1. The van der Waals surface area contributed by atoms with Crippen molar-refractivity contribution in [2.75, 3.05) is 11.9 Å². The van der Waals surface area contributed by atoms with E-state index in [1.165, 1.54) is 0 Å². The molecule has 0 spiro atoms. The Bertz CT molecular complexity index is 689. The summed E-state index contributed by atoms with van der Waals surface area (Å²) in [5, 5.41) is 12.9. The maximum Gasteiger partial charge on any atom is 0.336 e. The van der Waals surface area contributed by atoms with Crippen molar-refractivity contribution < 1.29 is 14.6 Å². The molecule has 0 bridgehead atoms. The van der Waals surface area contributed by atoms with Crippen LogP contribution in [0.15, 0.2) is 53.0 Å². The van der Waals surface area contributed by atoms with Crippen molar-refractivity contribution in [2.24, 2.45) is 0 Å². The molecule has 1 aliphatic heterocycles. The molecule has 2 aromatic carbocycles. The van der Waals surface area contributed by atoms with Crippen LogP contribution in [0, 0.1) is 0 Å². The van der Waals surface area contributed by atoms with Crippen LogP contribution in [-0.2, 0) is 21.7 Å². The van der Waals surface area contributed by atoms with Gasteiger partial charge in [-0.3, -0.25) is 0 Å². The summed E-state index contributed by atoms with van der Waals surface area (Å²) < 4.78 is 6.41. The zero-order valence-electron chi connectivity index (χ0n) is 11.2. The molecule has 0 aromatic heterocycles. The van der Waals surface area contributed by atoms with Crippen molar-refractivity contribution in [2.45, 2.75) is 12.1 Å². The fourth-order valence-electron chi connectivity index (χ4n) is 2.60. The Hall–Kier alpha value is -1.85. The zero-order chi connectivity index (χ0) is 14.9. The maximum absolute atomic E-state index is 12.0. The highest BCUT2D eigenvalue weighted by atomic mass is 79.9. The van der Waals surface area contributed by atoms with Gasteiger partial charge < -0.3 is 15.2 Å². The van der Waals surface area contributed by atoms with Crippen molar-refractivity contribution in [3.05, 3.63) is 64.1 Å². The fourth-order valence-corrected chi connectivity index (χ4v) is 3.00. The number of hydrogen-bond acceptors (Lipinski definition) is 3. The third-order valence-electron chi connectivity index (χ3n) is 3.60. The Morgan fingerprint density at radius 1 is 1.24 bits per heavy atom. The number of halogens is 1. The molecule has 5 heteroatoms. The molecule has 21 heavy (non-hydrogen) atoms. The van der Waals surface area contributed by atoms with Gasteiger partial charge in [-0.25, -0.2) is 4.79 Å². The number of anilines is 1. The summed E-state index contributed by atoms with van der Waals surface area (Å²) >= 11 is 3.39. The number of aliphatic carboxylic acids is 1. The predicted molar refractivity (Wildman–Crippen MR) is 83.2 cm³/mol. The highest BCUT2D eigenvalue weighted by Gasteiger charge is 2.44. The van der Waals surface area contributed by atoms with E-state index in [9.17, 15) is 9.90 Å². The lowest BCUT2D eigenvalue weighted by Gasteiger charge is -2.36. The molecule has 108 valence electrons. The summed E-state index contributed by atoms with van der Waals surface area (Å²) in [4.78, 5) is 12.0. The van der Waals surface area contributed by atoms with E-state index in [1.807, 2.05) is 48.5 Å². The minimum absolute atomic E-state index is 0.0891. The Kier molecular flexibility index (Phi) is 3.69. The Morgan fingerprint density at radius 2 is 2.05 bits per heavy atom. The van der Waals surface area contributed by atoms with Crippen LogP contribution >= 0.6 is 15.9 Å². The summed E-state index contributed by atoms with van der Waals surface area (Å²) in [5.41, 5.74) is 1.11. The van der Waals surface area contributed by atoms with Gasteiger partial charge in [-0.15, -0.1) is 0 Å². The monoisotopic (exact) mass is 347 g/mol. The lowest BCUT2D eigenvalue weighted by molar-refractivity contribution is -0.146. The van der Waals surface area contributed by atoms with Crippen molar-refractivity contribution in [1.82, 2.24) is 0 Å². The molecule has 1 atom stereocenters. The number of carbonyl (C=O) groups is 1. The van der Waals surface area contributed by atoms with Crippen LogP contribution in [-0.4, -0.2) is 17.7 Å². The molecule has 2 N–H and O–H groups in total. The number of hydrogen-bond donors (Lipinski definition) is 2. The van der Waals surface area contributed by atoms with Gasteiger partial charge in [0.2, 0.25) is 0 Å². The van der Waals surface area contributed by atoms with Crippen LogP contribution in [0.4, 0.5) is 5.69 Å². The Labute approximate surface area is 130 Å². The number of rotatable bonds is 3. The van der Waals surface area contributed by atoms with Crippen LogP contribution in [0.3, 0.4) is 0 Å². The number of ether oxygens (including phenoxy) is 1. The van der Waals surface area contributed by atoms with Gasteiger partial charge in [-0.1, -0.05) is 46.3 Å². The Morgan fingerprint density at radius 3 is 2.81 bits per heavy atom. The average Bonchev–Trinajstić information content (AvgIpc) is 2.47. The molecule has 1 aliphatic rings. The molecule has 1 heterocycles. The molecule has 0 amide bonds. The van der Waals surface area contributed by atoms with Crippen molar-refractivity contribution >= 4 is 27.6 Å². The summed E-state index contributed by atoms with van der Waals surface area (Å²) in [6, 6.07) is 14.9. The fraction of sp³-hybridized carbons (Fsp3) is 0.188. The molecule has 0 fully saturated rings. The van der Waals surface area contributed by atoms with Gasteiger partial charge in [0.05, 0.1) is 13.2 Å². The molecule has 0 aliphatic carbocycles. The standard InChI is InChI=1S/C16H14BrNO3/c17-12-5-3-6-13(8-12)18-16(15(19)20)10-21-9-11-4-1-2-7-14(11)16/h1-8,18H,9-10H2,(H,19,20). The predicted octanol–water partition coefficient (Wildman–Crippen LogP) is 3.37. The number of carboxylic acids is 1. The molecule has 3 rings (SSSR count). The van der Waals surface area contributed by atoms with Gasteiger partial charge in [-0.2, -0.15) is 0 Å². The third kappa shape index (κ3) is 2.54. The molecular weight excluding hydrogens is 334 g/mol. The first-order valence-electron chi connectivity index (χ1n) is 6.55. The van der Waals surface area contributed by atoms with E-state index < -0.39 is 11.5 Å². The quantitative estimate of drug-likeness (QED) is 0.893. The third-order valence-corrected chi connectivity index (χ3v) is 4.09. The minimum atomic E-state index is -1.27. The molecule has 0 radical (unpaired) electrons. The molecular formula is C16H14BrNO3. The number of fused-ring (bicyclic) bond motifs is 1. The van der Waals surface area contributed by atoms with Crippen LogP contribution in [0.1, 0.15) is 11.1 Å². The number of benzene rings is 2. The molecule has 4 nitrogen and oxygen atoms in total. The topological polar surface area (TPSA) is 58.6 Å². The highest BCUT2D eigenvalue weighted by molar-refractivity contribution is 9.10. The van der Waals surface area contributed by atoms with Crippen LogP contribution < -0.4 is 5.32 Å². The smallest absolute Gasteiger partial charge is 0.336 e. The van der Waals surface area contributed by atoms with E-state index in [0.717, 1.165) is 21.3 Å². The second-order valence-electron chi connectivity index (χ2n) is 5.00. The molecule has 2 aromatic rings. The van der Waals surface area contributed by atoms with Gasteiger partial charge >= 0.3 is 5.97 Å². The first-order valence-corrected chi connectivity index (χ1v) is 7.34. The second kappa shape index (κ2) is 5.50. The summed E-state index contributed by atoms with van der Waals surface area (Å²) in [7, 11) is 0. The zero-order valence-corrected chi connectivity index (χ0v) is 12.8. The number of carboxylic acid groups (broad SMARTS) is 1. The van der Waals surface area contributed by atoms with Crippen LogP contribution in [0.2, 0.25) is 0 Å². The van der Waals surface area contributed by atoms with Crippen molar-refractivity contribution in [1.29, 1.82) is 0 Å². The van der Waals surface area contributed by atoms with Crippen molar-refractivity contribution in [3.8, 4) is 0 Å². The molecule has 1 unspecified atom stereocenters. The largest absolute Gasteiger partial charge is 0.479 e. The van der Waals surface area contributed by atoms with E-state index in [0.29, 0.717) is 6.61 Å². The van der Waals surface area contributed by atoms with Crippen LogP contribution in [0.5, 0.6) is 0 Å². The lowest BCUT2D eigenvalue weighted by atomic mass is 9.85. The van der Waals surface area contributed by atoms with Gasteiger partial charge in [0.25, 0.3) is 0 Å². The summed E-state index contributed by atoms with van der Waals surface area (Å²) in [6.07, 6.45) is 0. The minimum Gasteiger partial charge on any atom is -0.479 e. The van der Waals surface area contributed by atoms with E-state index in [4.69, 9.17) is 4.74 Å². The maximum atomic E-state index is 12.0. The van der Waals surface area contributed by atoms with Crippen molar-refractivity contribution in [3.63, 3.8) is 0 Å². The van der Waals surface area contributed by atoms with Gasteiger partial charge in [0.15, 0.2) is 5.54 Å². The first-order chi connectivity index (χ1) is 10.1. The highest BCUT2D eigenvalue weighted by Crippen LogP contribution is 2.34. The lowest BCUT2D eigenvalue weighted by Crippen LogP contribution is -2.50. The van der Waals surface area contributed by atoms with E-state index in [2.05, 4.69) is 21.2 Å². The summed E-state index contributed by atoms with van der Waals surface area (Å²) in [5.74, 6) is -0.949. The van der Waals surface area contributed by atoms with Gasteiger partial charge in [0.1, 0.15) is 0 Å². The Balaban J connectivity index is 2.08. The molecule has 0 saturated carbocycles. The first kappa shape index (κ1) is 14.1. The average molecular weight is 348 g/mol. The van der Waals surface area contributed by atoms with E-state index in [1.54, 1.807) is 0 Å².